The van der Waals surface area contributed by atoms with Crippen molar-refractivity contribution in [2.24, 2.45) is 0 Å². The molecule has 0 fully saturated rings. The van der Waals surface area contributed by atoms with Crippen molar-refractivity contribution in [3.8, 4) is 0 Å². The summed E-state index contributed by atoms with van der Waals surface area (Å²) >= 11 is 1.18. The minimum absolute atomic E-state index is 0.162. The summed E-state index contributed by atoms with van der Waals surface area (Å²) in [7, 11) is 0. The van der Waals surface area contributed by atoms with Gasteiger partial charge in [-0.05, 0) is 18.2 Å². The summed E-state index contributed by atoms with van der Waals surface area (Å²) in [6.45, 7) is 1.12. The lowest BCUT2D eigenvalue weighted by atomic mass is 10.4. The Hall–Kier alpha value is -2.32. The number of aromatic nitrogens is 3. The Labute approximate surface area is 118 Å². The molecule has 0 radical (unpaired) electrons. The van der Waals surface area contributed by atoms with Crippen LogP contribution in [0.25, 0.3) is 5.65 Å². The van der Waals surface area contributed by atoms with Gasteiger partial charge in [0.25, 0.3) is 0 Å². The monoisotopic (exact) mass is 289 g/mol. The molecule has 0 atom stereocenters. The second-order valence-electron chi connectivity index (χ2n) is 4.15. The van der Waals surface area contributed by atoms with E-state index in [1.807, 2.05) is 28.8 Å². The largest absolute Gasteiger partial charge is 0.324 e. The molecule has 0 aliphatic carbocycles. The molecule has 20 heavy (non-hydrogen) atoms. The SMILES string of the molecule is O=[N+]([O-])c1ccc(CNCc2nnc3ccccn23)s1. The van der Waals surface area contributed by atoms with E-state index in [4.69, 9.17) is 0 Å². The minimum atomic E-state index is -0.375. The number of nitrogens with one attached hydrogen (secondary N) is 1. The predicted molar refractivity (Wildman–Crippen MR) is 74.5 cm³/mol. The van der Waals surface area contributed by atoms with E-state index in [0.29, 0.717) is 13.1 Å². The van der Waals surface area contributed by atoms with Crippen LogP contribution in [0.4, 0.5) is 5.00 Å². The lowest BCUT2D eigenvalue weighted by Gasteiger charge is -2.01. The van der Waals surface area contributed by atoms with Gasteiger partial charge < -0.3 is 5.32 Å². The number of hydrogen-bond acceptors (Lipinski definition) is 6. The molecule has 0 saturated heterocycles. The van der Waals surface area contributed by atoms with Crippen LogP contribution in [-0.2, 0) is 13.1 Å². The van der Waals surface area contributed by atoms with Gasteiger partial charge >= 0.3 is 5.00 Å². The molecule has 3 aromatic heterocycles. The Bertz CT molecular complexity index is 751. The third-order valence-electron chi connectivity index (χ3n) is 2.79. The van der Waals surface area contributed by atoms with Crippen LogP contribution >= 0.6 is 11.3 Å². The highest BCUT2D eigenvalue weighted by Crippen LogP contribution is 2.23. The van der Waals surface area contributed by atoms with Crippen molar-refractivity contribution in [3.63, 3.8) is 0 Å². The normalized spacial score (nSPS) is 11.0. The van der Waals surface area contributed by atoms with Crippen LogP contribution in [0.15, 0.2) is 36.5 Å². The maximum atomic E-state index is 10.6. The van der Waals surface area contributed by atoms with Crippen molar-refractivity contribution >= 4 is 22.0 Å². The summed E-state index contributed by atoms with van der Waals surface area (Å²) in [6, 6.07) is 9.00. The molecule has 3 aromatic rings. The highest BCUT2D eigenvalue weighted by molar-refractivity contribution is 7.15. The van der Waals surface area contributed by atoms with Gasteiger partial charge in [0.1, 0.15) is 0 Å². The molecule has 0 bridgehead atoms. The predicted octanol–water partition coefficient (Wildman–Crippen LogP) is 1.99. The number of fused-ring (bicyclic) bond motifs is 1. The van der Waals surface area contributed by atoms with Crippen LogP contribution in [0.3, 0.4) is 0 Å². The van der Waals surface area contributed by atoms with Crippen molar-refractivity contribution < 1.29 is 4.92 Å². The molecular weight excluding hydrogens is 278 g/mol. The van der Waals surface area contributed by atoms with Crippen molar-refractivity contribution in [3.05, 3.63) is 57.3 Å². The highest BCUT2D eigenvalue weighted by Gasteiger charge is 2.09. The van der Waals surface area contributed by atoms with Gasteiger partial charge in [-0.25, -0.2) is 0 Å². The molecule has 8 heteroatoms. The average Bonchev–Trinajstić information content (AvgIpc) is 3.06. The van der Waals surface area contributed by atoms with Crippen LogP contribution in [0.1, 0.15) is 10.7 Å². The van der Waals surface area contributed by atoms with Gasteiger partial charge in [0.2, 0.25) is 0 Å². The fourth-order valence-corrected chi connectivity index (χ4v) is 2.66. The van der Waals surface area contributed by atoms with Crippen molar-refractivity contribution in [1.82, 2.24) is 19.9 Å². The second-order valence-corrected chi connectivity index (χ2v) is 5.29. The third-order valence-corrected chi connectivity index (χ3v) is 3.83. The van der Waals surface area contributed by atoms with E-state index < -0.39 is 0 Å². The van der Waals surface area contributed by atoms with Crippen LogP contribution < -0.4 is 5.32 Å². The zero-order chi connectivity index (χ0) is 13.9. The van der Waals surface area contributed by atoms with Gasteiger partial charge in [-0.3, -0.25) is 14.5 Å². The molecule has 0 unspecified atom stereocenters. The Kier molecular flexibility index (Phi) is 3.40. The number of rotatable bonds is 5. The van der Waals surface area contributed by atoms with E-state index in [1.165, 1.54) is 17.4 Å². The fraction of sp³-hybridized carbons (Fsp3) is 0.167. The maximum Gasteiger partial charge on any atom is 0.324 e. The molecular formula is C12H11N5O2S. The highest BCUT2D eigenvalue weighted by atomic mass is 32.1. The standard InChI is InChI=1S/C12H11N5O2S/c18-17(19)12-5-4-9(20-12)7-13-8-11-15-14-10-3-1-2-6-16(10)11/h1-6,13H,7-8H2. The van der Waals surface area contributed by atoms with Crippen LogP contribution in [0, 0.1) is 10.1 Å². The van der Waals surface area contributed by atoms with Gasteiger partial charge in [-0.2, -0.15) is 0 Å². The minimum Gasteiger partial charge on any atom is -0.305 e. The Morgan fingerprint density at radius 1 is 1.25 bits per heavy atom. The zero-order valence-electron chi connectivity index (χ0n) is 10.4. The van der Waals surface area contributed by atoms with E-state index >= 15 is 0 Å². The number of pyridine rings is 1. The molecule has 0 aliphatic rings. The smallest absolute Gasteiger partial charge is 0.305 e. The molecule has 3 heterocycles. The second kappa shape index (κ2) is 5.35. The molecule has 0 aliphatic heterocycles. The fourth-order valence-electron chi connectivity index (χ4n) is 1.87. The Morgan fingerprint density at radius 3 is 2.95 bits per heavy atom. The number of thiophene rings is 1. The number of nitrogens with zero attached hydrogens (tertiary/aromatic N) is 4. The van der Waals surface area contributed by atoms with Gasteiger partial charge in [-0.15, -0.1) is 10.2 Å². The third kappa shape index (κ3) is 2.51. The molecule has 0 saturated carbocycles. The first-order valence-corrected chi connectivity index (χ1v) is 6.78. The first-order chi connectivity index (χ1) is 9.74. The van der Waals surface area contributed by atoms with E-state index in [1.54, 1.807) is 6.07 Å². The summed E-state index contributed by atoms with van der Waals surface area (Å²) in [5.41, 5.74) is 0.802. The van der Waals surface area contributed by atoms with Gasteiger partial charge in [-0.1, -0.05) is 17.4 Å². The van der Waals surface area contributed by atoms with E-state index in [9.17, 15) is 10.1 Å². The van der Waals surface area contributed by atoms with Crippen LogP contribution in [-0.4, -0.2) is 19.5 Å². The van der Waals surface area contributed by atoms with Gasteiger partial charge in [0.15, 0.2) is 11.5 Å². The Balaban J connectivity index is 1.63. The number of hydrogen-bond donors (Lipinski definition) is 1. The summed E-state index contributed by atoms with van der Waals surface area (Å²) in [6.07, 6.45) is 1.91. The molecule has 102 valence electrons. The maximum absolute atomic E-state index is 10.6. The molecule has 1 N–H and O–H groups in total. The lowest BCUT2D eigenvalue weighted by Crippen LogP contribution is -2.14. The quantitative estimate of drug-likeness (QED) is 0.573. The van der Waals surface area contributed by atoms with Crippen molar-refractivity contribution in [2.75, 3.05) is 0 Å². The van der Waals surface area contributed by atoms with E-state index in [-0.39, 0.29) is 9.92 Å². The van der Waals surface area contributed by atoms with Crippen LogP contribution in [0.2, 0.25) is 0 Å². The summed E-state index contributed by atoms with van der Waals surface area (Å²) in [5.74, 6) is 0.812. The topological polar surface area (TPSA) is 85.4 Å². The summed E-state index contributed by atoms with van der Waals surface area (Å²) < 4.78 is 1.91. The van der Waals surface area contributed by atoms with Crippen LogP contribution in [0.5, 0.6) is 0 Å². The first-order valence-electron chi connectivity index (χ1n) is 5.96. The molecule has 0 aromatic carbocycles. The molecule has 0 spiro atoms. The Morgan fingerprint density at radius 2 is 2.15 bits per heavy atom. The van der Waals surface area contributed by atoms with Crippen molar-refractivity contribution in [1.29, 1.82) is 0 Å². The molecule has 7 nitrogen and oxygen atoms in total. The zero-order valence-corrected chi connectivity index (χ0v) is 11.2. The summed E-state index contributed by atoms with van der Waals surface area (Å²) in [4.78, 5) is 11.1. The lowest BCUT2D eigenvalue weighted by molar-refractivity contribution is -0.380. The van der Waals surface area contributed by atoms with E-state index in [2.05, 4.69) is 15.5 Å². The molecule has 0 amide bonds. The number of nitro groups is 1. The molecule has 3 rings (SSSR count). The first kappa shape index (κ1) is 12.7. The van der Waals surface area contributed by atoms with Gasteiger partial charge in [0, 0.05) is 23.7 Å². The van der Waals surface area contributed by atoms with Gasteiger partial charge in [0.05, 0.1) is 11.5 Å². The summed E-state index contributed by atoms with van der Waals surface area (Å²) in [5, 5.41) is 22.1. The van der Waals surface area contributed by atoms with Crippen molar-refractivity contribution in [2.45, 2.75) is 13.1 Å². The van der Waals surface area contributed by atoms with E-state index in [0.717, 1.165) is 16.3 Å². The average molecular weight is 289 g/mol.